The van der Waals surface area contributed by atoms with Crippen LogP contribution in [0.3, 0.4) is 0 Å². The third-order valence-electron chi connectivity index (χ3n) is 4.08. The van der Waals surface area contributed by atoms with Crippen LogP contribution in [0.5, 0.6) is 5.75 Å². The molecule has 0 N–H and O–H groups in total. The fourth-order valence-corrected chi connectivity index (χ4v) is 3.63. The summed E-state index contributed by atoms with van der Waals surface area (Å²) in [5, 5.41) is 3.58. The van der Waals surface area contributed by atoms with E-state index >= 15 is 0 Å². The summed E-state index contributed by atoms with van der Waals surface area (Å²) in [4.78, 5) is 18.9. The summed E-state index contributed by atoms with van der Waals surface area (Å²) < 4.78 is 5.97. The summed E-state index contributed by atoms with van der Waals surface area (Å²) in [6, 6.07) is 7.40. The molecule has 4 nitrogen and oxygen atoms in total. The first-order chi connectivity index (χ1) is 11.5. The van der Waals surface area contributed by atoms with Gasteiger partial charge >= 0.3 is 0 Å². The Bertz CT molecular complexity index is 691. The maximum atomic E-state index is 12.6. The topological polar surface area (TPSA) is 42.4 Å². The van der Waals surface area contributed by atoms with E-state index in [9.17, 15) is 4.79 Å². The Kier molecular flexibility index (Phi) is 5.41. The normalized spacial score (nSPS) is 15.8. The van der Waals surface area contributed by atoms with Crippen LogP contribution < -0.4 is 4.74 Å². The van der Waals surface area contributed by atoms with Crippen LogP contribution in [0.15, 0.2) is 29.6 Å². The lowest BCUT2D eigenvalue weighted by Crippen LogP contribution is -2.41. The Morgan fingerprint density at radius 1 is 1.29 bits per heavy atom. The summed E-state index contributed by atoms with van der Waals surface area (Å²) in [5.41, 5.74) is 0.570. The molecule has 1 fully saturated rings. The molecule has 6 heteroatoms. The Balaban J connectivity index is 1.54. The average Bonchev–Trinajstić information content (AvgIpc) is 3.07. The van der Waals surface area contributed by atoms with Crippen molar-refractivity contribution in [3.05, 3.63) is 45.4 Å². The quantitative estimate of drug-likeness (QED) is 0.796. The highest BCUT2D eigenvalue weighted by atomic mass is 35.5. The van der Waals surface area contributed by atoms with E-state index in [0.717, 1.165) is 23.6 Å². The molecule has 1 aliphatic rings. The number of hydrogen-bond acceptors (Lipinski definition) is 4. The van der Waals surface area contributed by atoms with E-state index in [2.05, 4.69) is 18.8 Å². The van der Waals surface area contributed by atoms with E-state index in [1.165, 1.54) is 0 Å². The van der Waals surface area contributed by atoms with Gasteiger partial charge in [0.2, 0.25) is 0 Å². The van der Waals surface area contributed by atoms with Crippen molar-refractivity contribution in [1.82, 2.24) is 9.88 Å². The van der Waals surface area contributed by atoms with Gasteiger partial charge in [-0.1, -0.05) is 25.4 Å². The predicted octanol–water partition coefficient (Wildman–Crippen LogP) is 4.60. The average molecular weight is 365 g/mol. The number of thiazole rings is 1. The van der Waals surface area contributed by atoms with Crippen LogP contribution >= 0.6 is 22.9 Å². The minimum atomic E-state index is 0.0306. The molecule has 24 heavy (non-hydrogen) atoms. The molecule has 1 aliphatic heterocycles. The van der Waals surface area contributed by atoms with Crippen molar-refractivity contribution in [1.29, 1.82) is 0 Å². The van der Waals surface area contributed by atoms with Gasteiger partial charge in [0.15, 0.2) is 0 Å². The van der Waals surface area contributed by atoms with E-state index in [0.29, 0.717) is 29.7 Å². The van der Waals surface area contributed by atoms with Gasteiger partial charge in [-0.3, -0.25) is 4.79 Å². The van der Waals surface area contributed by atoms with Crippen LogP contribution in [0, 0.1) is 0 Å². The van der Waals surface area contributed by atoms with E-state index in [4.69, 9.17) is 16.3 Å². The minimum Gasteiger partial charge on any atom is -0.490 e. The van der Waals surface area contributed by atoms with Crippen LogP contribution in [0.4, 0.5) is 0 Å². The second kappa shape index (κ2) is 7.53. The first-order valence-corrected chi connectivity index (χ1v) is 9.45. The number of carbonyl (C=O) groups excluding carboxylic acids is 1. The molecule has 1 amide bonds. The monoisotopic (exact) mass is 364 g/mol. The number of piperidine rings is 1. The molecule has 0 saturated carbocycles. The molecule has 0 aliphatic carbocycles. The third kappa shape index (κ3) is 4.08. The highest BCUT2D eigenvalue weighted by Gasteiger charge is 2.26. The van der Waals surface area contributed by atoms with Gasteiger partial charge in [0.1, 0.15) is 17.5 Å². The van der Waals surface area contributed by atoms with Crippen LogP contribution in [0.1, 0.15) is 48.1 Å². The van der Waals surface area contributed by atoms with Gasteiger partial charge in [-0.05, 0) is 24.3 Å². The summed E-state index contributed by atoms with van der Waals surface area (Å²) in [7, 11) is 0. The Hall–Kier alpha value is -1.59. The van der Waals surface area contributed by atoms with Crippen molar-refractivity contribution in [2.24, 2.45) is 0 Å². The number of amides is 1. The van der Waals surface area contributed by atoms with Crippen molar-refractivity contribution >= 4 is 28.8 Å². The van der Waals surface area contributed by atoms with Gasteiger partial charge in [-0.2, -0.15) is 0 Å². The number of benzene rings is 1. The third-order valence-corrected chi connectivity index (χ3v) is 5.48. The summed E-state index contributed by atoms with van der Waals surface area (Å²) >= 11 is 7.44. The summed E-state index contributed by atoms with van der Waals surface area (Å²) in [6.45, 7) is 5.58. The molecule has 2 heterocycles. The van der Waals surface area contributed by atoms with Crippen LogP contribution in [0.2, 0.25) is 5.02 Å². The fourth-order valence-electron chi connectivity index (χ4n) is 2.70. The molecule has 0 atom stereocenters. The van der Waals surface area contributed by atoms with Crippen molar-refractivity contribution in [2.45, 2.75) is 38.7 Å². The molecule has 1 aromatic heterocycles. The molecular weight excluding hydrogens is 344 g/mol. The number of carbonyl (C=O) groups is 1. The Labute approximate surface area is 151 Å². The van der Waals surface area contributed by atoms with Crippen molar-refractivity contribution < 1.29 is 9.53 Å². The molecule has 1 saturated heterocycles. The number of likely N-dealkylation sites (tertiary alicyclic amines) is 1. The van der Waals surface area contributed by atoms with Gasteiger partial charge < -0.3 is 9.64 Å². The van der Waals surface area contributed by atoms with E-state index < -0.39 is 0 Å². The highest BCUT2D eigenvalue weighted by molar-refractivity contribution is 7.09. The zero-order valence-electron chi connectivity index (χ0n) is 13.9. The first kappa shape index (κ1) is 17.2. The van der Waals surface area contributed by atoms with Gasteiger partial charge in [0, 0.05) is 42.3 Å². The van der Waals surface area contributed by atoms with E-state index in [-0.39, 0.29) is 12.0 Å². The van der Waals surface area contributed by atoms with Crippen LogP contribution in [0.25, 0.3) is 0 Å². The molecule has 2 aromatic rings. The minimum absolute atomic E-state index is 0.0306. The maximum absolute atomic E-state index is 12.6. The van der Waals surface area contributed by atoms with Crippen LogP contribution in [-0.4, -0.2) is 35.0 Å². The molecule has 1 aromatic carbocycles. The zero-order valence-corrected chi connectivity index (χ0v) is 15.4. The maximum Gasteiger partial charge on any atom is 0.273 e. The van der Waals surface area contributed by atoms with Crippen molar-refractivity contribution in [3.8, 4) is 5.75 Å². The second-order valence-corrected chi connectivity index (χ2v) is 7.62. The summed E-state index contributed by atoms with van der Waals surface area (Å²) in [6.07, 6.45) is 1.79. The van der Waals surface area contributed by atoms with E-state index in [1.54, 1.807) is 11.3 Å². The van der Waals surface area contributed by atoms with Gasteiger partial charge in [-0.15, -0.1) is 11.3 Å². The van der Waals surface area contributed by atoms with Gasteiger partial charge in [-0.25, -0.2) is 4.98 Å². The smallest absolute Gasteiger partial charge is 0.273 e. The van der Waals surface area contributed by atoms with Crippen molar-refractivity contribution in [2.75, 3.05) is 13.1 Å². The Morgan fingerprint density at radius 3 is 2.54 bits per heavy atom. The lowest BCUT2D eigenvalue weighted by atomic mass is 10.1. The molecule has 0 unspecified atom stereocenters. The number of halogens is 1. The molecule has 128 valence electrons. The number of aromatic nitrogens is 1. The molecule has 3 rings (SSSR count). The first-order valence-electron chi connectivity index (χ1n) is 8.20. The van der Waals surface area contributed by atoms with Crippen molar-refractivity contribution in [3.63, 3.8) is 0 Å². The molecular formula is C18H21ClN2O2S. The van der Waals surface area contributed by atoms with Gasteiger partial charge in [0.05, 0.1) is 5.01 Å². The number of rotatable bonds is 4. The standard InChI is InChI=1S/C18H21ClN2O2S/c1-12(2)17-20-16(11-24-17)18(22)21-9-7-15(8-10-21)23-14-5-3-13(19)4-6-14/h3-6,11-12,15H,7-10H2,1-2H3. The second-order valence-electron chi connectivity index (χ2n) is 6.29. The Morgan fingerprint density at radius 2 is 1.96 bits per heavy atom. The van der Waals surface area contributed by atoms with Gasteiger partial charge in [0.25, 0.3) is 5.91 Å². The lowest BCUT2D eigenvalue weighted by Gasteiger charge is -2.31. The van der Waals surface area contributed by atoms with Crippen LogP contribution in [-0.2, 0) is 0 Å². The highest BCUT2D eigenvalue weighted by Crippen LogP contribution is 2.23. The molecule has 0 spiro atoms. The molecule has 0 radical (unpaired) electrons. The lowest BCUT2D eigenvalue weighted by molar-refractivity contribution is 0.0590. The van der Waals surface area contributed by atoms with E-state index in [1.807, 2.05) is 34.5 Å². The number of hydrogen-bond donors (Lipinski definition) is 0. The predicted molar refractivity (Wildman–Crippen MR) is 97.2 cm³/mol. The largest absolute Gasteiger partial charge is 0.490 e. The summed E-state index contributed by atoms with van der Waals surface area (Å²) in [5.74, 6) is 1.21. The molecule has 0 bridgehead atoms. The number of ether oxygens (including phenoxy) is 1. The number of nitrogens with zero attached hydrogens (tertiary/aromatic N) is 2. The zero-order chi connectivity index (χ0) is 17.1. The fraction of sp³-hybridized carbons (Fsp3) is 0.444. The SMILES string of the molecule is CC(C)c1nc(C(=O)N2CCC(Oc3ccc(Cl)cc3)CC2)cs1.